The highest BCUT2D eigenvalue weighted by Crippen LogP contribution is 2.46. The van der Waals surface area contributed by atoms with Crippen molar-refractivity contribution in [3.63, 3.8) is 0 Å². The molecule has 0 radical (unpaired) electrons. The summed E-state index contributed by atoms with van der Waals surface area (Å²) in [6, 6.07) is 8.61. The summed E-state index contributed by atoms with van der Waals surface area (Å²) in [5.74, 6) is 1.84. The van der Waals surface area contributed by atoms with E-state index in [1.54, 1.807) is 0 Å². The Labute approximate surface area is 144 Å². The van der Waals surface area contributed by atoms with E-state index in [0.717, 1.165) is 44.1 Å². The molecule has 1 heterocycles. The highest BCUT2D eigenvalue weighted by Gasteiger charge is 2.43. The summed E-state index contributed by atoms with van der Waals surface area (Å²) in [7, 11) is 1.81. The first kappa shape index (κ1) is 17.1. The Kier molecular flexibility index (Phi) is 5.61. The van der Waals surface area contributed by atoms with Gasteiger partial charge in [-0.3, -0.25) is 4.99 Å². The number of fused-ring (bicyclic) bond motifs is 1. The molecule has 1 aromatic rings. The van der Waals surface area contributed by atoms with Gasteiger partial charge in [-0.15, -0.1) is 0 Å². The fraction of sp³-hybridized carbons (Fsp3) is 0.632. The number of benzene rings is 1. The van der Waals surface area contributed by atoms with Gasteiger partial charge in [-0.25, -0.2) is 0 Å². The van der Waals surface area contributed by atoms with E-state index >= 15 is 0 Å². The molecular formula is C19H29N3O2. The molecule has 132 valence electrons. The summed E-state index contributed by atoms with van der Waals surface area (Å²) in [5.41, 5.74) is 1.22. The molecular weight excluding hydrogens is 302 g/mol. The standard InChI is InChI=1S/C19H29N3O2/c1-3-23-13-12-21-18(20-2)22-16-14-19(10-6-7-11-19)24-17-9-5-4-8-15(16)17/h4-5,8-9,16H,3,6-7,10-14H2,1-2H3,(H2,20,21,22). The van der Waals surface area contributed by atoms with E-state index in [1.807, 2.05) is 14.0 Å². The van der Waals surface area contributed by atoms with Crippen molar-refractivity contribution < 1.29 is 9.47 Å². The first-order valence-corrected chi connectivity index (χ1v) is 9.09. The van der Waals surface area contributed by atoms with E-state index in [4.69, 9.17) is 9.47 Å². The summed E-state index contributed by atoms with van der Waals surface area (Å²) in [5, 5.41) is 6.93. The molecule has 1 atom stereocenters. The van der Waals surface area contributed by atoms with Crippen LogP contribution in [0.2, 0.25) is 0 Å². The molecule has 1 unspecified atom stereocenters. The van der Waals surface area contributed by atoms with Crippen LogP contribution in [0.25, 0.3) is 0 Å². The van der Waals surface area contributed by atoms with Gasteiger partial charge in [0.15, 0.2) is 5.96 Å². The number of nitrogens with zero attached hydrogens (tertiary/aromatic N) is 1. The number of hydrogen-bond acceptors (Lipinski definition) is 3. The maximum atomic E-state index is 6.42. The molecule has 3 rings (SSSR count). The largest absolute Gasteiger partial charge is 0.487 e. The molecule has 2 aliphatic rings. The van der Waals surface area contributed by atoms with Gasteiger partial charge in [-0.05, 0) is 38.7 Å². The Bertz CT molecular complexity index is 567. The van der Waals surface area contributed by atoms with E-state index < -0.39 is 0 Å². The monoisotopic (exact) mass is 331 g/mol. The Balaban J connectivity index is 1.71. The van der Waals surface area contributed by atoms with Gasteiger partial charge in [0.05, 0.1) is 12.6 Å². The predicted octanol–water partition coefficient (Wildman–Crippen LogP) is 3.02. The second-order valence-corrected chi connectivity index (χ2v) is 6.63. The van der Waals surface area contributed by atoms with Crippen molar-refractivity contribution in [3.8, 4) is 5.75 Å². The van der Waals surface area contributed by atoms with Gasteiger partial charge in [0, 0.05) is 32.2 Å². The van der Waals surface area contributed by atoms with Gasteiger partial charge in [0.25, 0.3) is 0 Å². The van der Waals surface area contributed by atoms with E-state index in [2.05, 4.69) is 39.9 Å². The fourth-order valence-electron chi connectivity index (χ4n) is 3.82. The number of hydrogen-bond donors (Lipinski definition) is 2. The molecule has 1 aliphatic heterocycles. The molecule has 0 amide bonds. The number of nitrogens with one attached hydrogen (secondary N) is 2. The van der Waals surface area contributed by atoms with Crippen molar-refractivity contribution in [3.05, 3.63) is 29.8 Å². The second kappa shape index (κ2) is 7.88. The summed E-state index contributed by atoms with van der Waals surface area (Å²) in [6.45, 7) is 4.19. The highest BCUT2D eigenvalue weighted by molar-refractivity contribution is 5.80. The third kappa shape index (κ3) is 3.83. The molecule has 1 aliphatic carbocycles. The topological polar surface area (TPSA) is 54.9 Å². The molecule has 1 fully saturated rings. The van der Waals surface area contributed by atoms with Crippen LogP contribution in [0.4, 0.5) is 0 Å². The molecule has 1 spiro atoms. The zero-order valence-electron chi connectivity index (χ0n) is 14.8. The predicted molar refractivity (Wildman–Crippen MR) is 96.6 cm³/mol. The zero-order chi connectivity index (χ0) is 16.8. The quantitative estimate of drug-likeness (QED) is 0.495. The molecule has 0 bridgehead atoms. The maximum absolute atomic E-state index is 6.42. The van der Waals surface area contributed by atoms with Gasteiger partial charge in [-0.2, -0.15) is 0 Å². The smallest absolute Gasteiger partial charge is 0.191 e. The Morgan fingerprint density at radius 1 is 1.33 bits per heavy atom. The van der Waals surface area contributed by atoms with Crippen LogP contribution < -0.4 is 15.4 Å². The van der Waals surface area contributed by atoms with Gasteiger partial charge < -0.3 is 20.1 Å². The minimum atomic E-state index is -0.00378. The van der Waals surface area contributed by atoms with E-state index in [1.165, 1.54) is 18.4 Å². The van der Waals surface area contributed by atoms with Gasteiger partial charge in [0.1, 0.15) is 11.4 Å². The lowest BCUT2D eigenvalue weighted by atomic mass is 9.86. The van der Waals surface area contributed by atoms with Crippen molar-refractivity contribution in [2.24, 2.45) is 4.99 Å². The first-order valence-electron chi connectivity index (χ1n) is 9.09. The first-order chi connectivity index (χ1) is 11.8. The SMILES string of the molecule is CCOCCNC(=NC)NC1CC2(CCCC2)Oc2ccccc21. The second-order valence-electron chi connectivity index (χ2n) is 6.63. The normalized spacial score (nSPS) is 22.1. The third-order valence-corrected chi connectivity index (χ3v) is 4.99. The van der Waals surface area contributed by atoms with Crippen molar-refractivity contribution in [1.29, 1.82) is 0 Å². The Morgan fingerprint density at radius 2 is 2.12 bits per heavy atom. The van der Waals surface area contributed by atoms with Gasteiger partial charge in [-0.1, -0.05) is 18.2 Å². The highest BCUT2D eigenvalue weighted by atomic mass is 16.5. The fourth-order valence-corrected chi connectivity index (χ4v) is 3.82. The average molecular weight is 331 g/mol. The molecule has 2 N–H and O–H groups in total. The summed E-state index contributed by atoms with van der Waals surface area (Å²) in [6.07, 6.45) is 5.81. The van der Waals surface area contributed by atoms with Gasteiger partial charge in [0.2, 0.25) is 0 Å². The zero-order valence-corrected chi connectivity index (χ0v) is 14.8. The van der Waals surface area contributed by atoms with E-state index in [0.29, 0.717) is 6.61 Å². The summed E-state index contributed by atoms with van der Waals surface area (Å²) >= 11 is 0. The average Bonchev–Trinajstić information content (AvgIpc) is 3.05. The van der Waals surface area contributed by atoms with Crippen molar-refractivity contribution >= 4 is 5.96 Å². The molecule has 1 aromatic carbocycles. The lowest BCUT2D eigenvalue weighted by Crippen LogP contribution is -2.47. The van der Waals surface area contributed by atoms with Crippen LogP contribution in [-0.2, 0) is 4.74 Å². The Morgan fingerprint density at radius 3 is 2.88 bits per heavy atom. The van der Waals surface area contributed by atoms with Crippen molar-refractivity contribution in [2.75, 3.05) is 26.8 Å². The number of aliphatic imine (C=N–C) groups is 1. The van der Waals surface area contributed by atoms with Crippen LogP contribution >= 0.6 is 0 Å². The molecule has 24 heavy (non-hydrogen) atoms. The maximum Gasteiger partial charge on any atom is 0.191 e. The lowest BCUT2D eigenvalue weighted by molar-refractivity contribution is 0.0395. The number of para-hydroxylation sites is 1. The number of guanidine groups is 1. The minimum Gasteiger partial charge on any atom is -0.487 e. The van der Waals surface area contributed by atoms with Crippen LogP contribution in [0.5, 0.6) is 5.75 Å². The minimum absolute atomic E-state index is 0.00378. The van der Waals surface area contributed by atoms with Crippen LogP contribution in [0.15, 0.2) is 29.3 Å². The molecule has 5 heteroatoms. The van der Waals surface area contributed by atoms with Crippen LogP contribution in [0.3, 0.4) is 0 Å². The van der Waals surface area contributed by atoms with Crippen LogP contribution in [0.1, 0.15) is 50.6 Å². The molecule has 0 aromatic heterocycles. The lowest BCUT2D eigenvalue weighted by Gasteiger charge is -2.40. The van der Waals surface area contributed by atoms with Crippen LogP contribution in [-0.4, -0.2) is 38.4 Å². The van der Waals surface area contributed by atoms with E-state index in [9.17, 15) is 0 Å². The van der Waals surface area contributed by atoms with Crippen molar-refractivity contribution in [2.45, 2.75) is 50.7 Å². The Hall–Kier alpha value is -1.75. The molecule has 1 saturated carbocycles. The summed E-state index contributed by atoms with van der Waals surface area (Å²) < 4.78 is 11.8. The summed E-state index contributed by atoms with van der Waals surface area (Å²) in [4.78, 5) is 4.37. The number of ether oxygens (including phenoxy) is 2. The van der Waals surface area contributed by atoms with Crippen LogP contribution in [0, 0.1) is 0 Å². The van der Waals surface area contributed by atoms with Gasteiger partial charge >= 0.3 is 0 Å². The molecule has 0 saturated heterocycles. The number of rotatable bonds is 5. The van der Waals surface area contributed by atoms with Crippen molar-refractivity contribution in [1.82, 2.24) is 10.6 Å². The third-order valence-electron chi connectivity index (χ3n) is 4.99. The van der Waals surface area contributed by atoms with E-state index in [-0.39, 0.29) is 11.6 Å². The molecule has 5 nitrogen and oxygen atoms in total.